The predicted molar refractivity (Wildman–Crippen MR) is 77.9 cm³/mol. The highest BCUT2D eigenvalue weighted by Crippen LogP contribution is 2.21. The van der Waals surface area contributed by atoms with Crippen LogP contribution in [0.5, 0.6) is 5.75 Å². The number of nitrogens with one attached hydrogen (secondary N) is 1. The van der Waals surface area contributed by atoms with E-state index in [0.717, 1.165) is 12.8 Å². The molecule has 1 aromatic carbocycles. The van der Waals surface area contributed by atoms with Gasteiger partial charge in [0.25, 0.3) is 5.91 Å². The first-order valence-electron chi connectivity index (χ1n) is 7.04. The van der Waals surface area contributed by atoms with Crippen molar-refractivity contribution in [2.45, 2.75) is 31.8 Å². The fourth-order valence-electron chi connectivity index (χ4n) is 2.44. The van der Waals surface area contributed by atoms with Gasteiger partial charge in [-0.15, -0.1) is 0 Å². The molecule has 2 rings (SSSR count). The fraction of sp³-hybridized carbons (Fsp3) is 0.533. The number of nitrogens with two attached hydrogens (primary N) is 1. The second-order valence-electron chi connectivity index (χ2n) is 4.99. The lowest BCUT2D eigenvalue weighted by atomic mass is 10.1. The summed E-state index contributed by atoms with van der Waals surface area (Å²) in [6.07, 6.45) is 5.14. The molecule has 5 heteroatoms. The molecule has 3 N–H and O–H groups in total. The van der Waals surface area contributed by atoms with Crippen LogP contribution >= 0.6 is 0 Å². The minimum atomic E-state index is -0.191. The third-order valence-electron chi connectivity index (χ3n) is 3.51. The van der Waals surface area contributed by atoms with Gasteiger partial charge in [0, 0.05) is 12.2 Å². The van der Waals surface area contributed by atoms with E-state index < -0.39 is 0 Å². The molecule has 1 aromatic rings. The maximum atomic E-state index is 12.1. The van der Waals surface area contributed by atoms with Crippen molar-refractivity contribution < 1.29 is 14.3 Å². The van der Waals surface area contributed by atoms with Gasteiger partial charge in [-0.05, 0) is 31.0 Å². The van der Waals surface area contributed by atoms with Crippen LogP contribution in [0.4, 0.5) is 5.69 Å². The number of carbonyl (C=O) groups is 1. The van der Waals surface area contributed by atoms with Gasteiger partial charge in [-0.3, -0.25) is 4.79 Å². The second-order valence-corrected chi connectivity index (χ2v) is 4.99. The minimum absolute atomic E-state index is 0.191. The smallest absolute Gasteiger partial charge is 0.255 e. The summed E-state index contributed by atoms with van der Waals surface area (Å²) in [5, 5.41) is 2.83. The van der Waals surface area contributed by atoms with Gasteiger partial charge in [0.15, 0.2) is 0 Å². The molecule has 0 bridgehead atoms. The first kappa shape index (κ1) is 14.7. The summed E-state index contributed by atoms with van der Waals surface area (Å²) in [5.74, 6) is 0.331. The van der Waals surface area contributed by atoms with Crippen LogP contribution < -0.4 is 15.8 Å². The van der Waals surface area contributed by atoms with Crippen molar-refractivity contribution in [2.24, 2.45) is 0 Å². The first-order chi connectivity index (χ1) is 9.70. The van der Waals surface area contributed by atoms with Crippen molar-refractivity contribution in [2.75, 3.05) is 26.0 Å². The molecule has 0 spiro atoms. The van der Waals surface area contributed by atoms with Gasteiger partial charge >= 0.3 is 0 Å². The van der Waals surface area contributed by atoms with Crippen molar-refractivity contribution in [1.82, 2.24) is 5.32 Å². The molecule has 20 heavy (non-hydrogen) atoms. The van der Waals surface area contributed by atoms with Crippen LogP contribution in [0.2, 0.25) is 0 Å². The van der Waals surface area contributed by atoms with Crippen molar-refractivity contribution >= 4 is 11.6 Å². The van der Waals surface area contributed by atoms with E-state index in [1.807, 2.05) is 0 Å². The molecule has 1 amide bonds. The highest BCUT2D eigenvalue weighted by Gasteiger charge is 2.15. The van der Waals surface area contributed by atoms with Gasteiger partial charge in [0.05, 0.1) is 25.4 Å². The number of hydrogen-bond donors (Lipinski definition) is 2. The van der Waals surface area contributed by atoms with Gasteiger partial charge in [-0.2, -0.15) is 0 Å². The van der Waals surface area contributed by atoms with Crippen LogP contribution in [0.3, 0.4) is 0 Å². The standard InChI is InChI=1S/C15H22N2O3/c1-19-14-7-6-11(16)10-13(14)15(18)17-8-9-20-12-4-2-3-5-12/h6-7,10,12H,2-5,8-9,16H2,1H3,(H,17,18). The van der Waals surface area contributed by atoms with Gasteiger partial charge in [-0.1, -0.05) is 12.8 Å². The molecule has 0 aliphatic heterocycles. The fourth-order valence-corrected chi connectivity index (χ4v) is 2.44. The Hall–Kier alpha value is -1.75. The molecule has 1 fully saturated rings. The highest BCUT2D eigenvalue weighted by atomic mass is 16.5. The Kier molecular flexibility index (Phi) is 5.24. The molecule has 5 nitrogen and oxygen atoms in total. The summed E-state index contributed by atoms with van der Waals surface area (Å²) in [7, 11) is 1.53. The number of rotatable bonds is 6. The van der Waals surface area contributed by atoms with Crippen LogP contribution in [0.25, 0.3) is 0 Å². The van der Waals surface area contributed by atoms with E-state index >= 15 is 0 Å². The summed E-state index contributed by atoms with van der Waals surface area (Å²) < 4.78 is 10.9. The number of nitrogen functional groups attached to an aromatic ring is 1. The number of benzene rings is 1. The quantitative estimate of drug-likeness (QED) is 0.616. The van der Waals surface area contributed by atoms with E-state index in [-0.39, 0.29) is 5.91 Å². The summed E-state index contributed by atoms with van der Waals surface area (Å²) in [5.41, 5.74) is 6.69. The van der Waals surface area contributed by atoms with Crippen molar-refractivity contribution in [1.29, 1.82) is 0 Å². The molecule has 0 unspecified atom stereocenters. The third-order valence-corrected chi connectivity index (χ3v) is 3.51. The molecule has 0 atom stereocenters. The minimum Gasteiger partial charge on any atom is -0.496 e. The van der Waals surface area contributed by atoms with E-state index in [1.54, 1.807) is 18.2 Å². The summed E-state index contributed by atoms with van der Waals surface area (Å²) in [6, 6.07) is 5.02. The van der Waals surface area contributed by atoms with Gasteiger partial charge in [-0.25, -0.2) is 0 Å². The molecule has 0 heterocycles. The molecule has 0 saturated heterocycles. The van der Waals surface area contributed by atoms with Crippen LogP contribution in [0, 0.1) is 0 Å². The molecule has 0 radical (unpaired) electrons. The Balaban J connectivity index is 1.80. The Morgan fingerprint density at radius 3 is 2.85 bits per heavy atom. The summed E-state index contributed by atoms with van der Waals surface area (Å²) in [4.78, 5) is 12.1. The molecule has 110 valence electrons. The maximum Gasteiger partial charge on any atom is 0.255 e. The summed E-state index contributed by atoms with van der Waals surface area (Å²) >= 11 is 0. The third kappa shape index (κ3) is 3.87. The van der Waals surface area contributed by atoms with Crippen molar-refractivity contribution in [3.63, 3.8) is 0 Å². The monoisotopic (exact) mass is 278 g/mol. The van der Waals surface area contributed by atoms with Gasteiger partial charge < -0.3 is 20.5 Å². The normalized spacial score (nSPS) is 15.2. The lowest BCUT2D eigenvalue weighted by Gasteiger charge is -2.12. The second kappa shape index (κ2) is 7.14. The van der Waals surface area contributed by atoms with Crippen LogP contribution in [-0.2, 0) is 4.74 Å². The SMILES string of the molecule is COc1ccc(N)cc1C(=O)NCCOC1CCCC1. The van der Waals surface area contributed by atoms with E-state index in [2.05, 4.69) is 5.32 Å². The lowest BCUT2D eigenvalue weighted by Crippen LogP contribution is -2.28. The lowest BCUT2D eigenvalue weighted by molar-refractivity contribution is 0.0581. The molecule has 1 saturated carbocycles. The number of ether oxygens (including phenoxy) is 2. The van der Waals surface area contributed by atoms with E-state index in [0.29, 0.717) is 36.3 Å². The Labute approximate surface area is 119 Å². The Morgan fingerprint density at radius 1 is 1.40 bits per heavy atom. The molecular formula is C15H22N2O3. The number of amides is 1. The van der Waals surface area contributed by atoms with Crippen molar-refractivity contribution in [3.05, 3.63) is 23.8 Å². The zero-order chi connectivity index (χ0) is 14.4. The Bertz CT molecular complexity index is 456. The zero-order valence-electron chi connectivity index (χ0n) is 11.9. The largest absolute Gasteiger partial charge is 0.496 e. The number of carbonyl (C=O) groups excluding carboxylic acids is 1. The van der Waals surface area contributed by atoms with Crippen LogP contribution in [0.1, 0.15) is 36.0 Å². The van der Waals surface area contributed by atoms with E-state index in [1.165, 1.54) is 20.0 Å². The maximum absolute atomic E-state index is 12.1. The number of methoxy groups -OCH3 is 1. The molecule has 0 aromatic heterocycles. The number of anilines is 1. The van der Waals surface area contributed by atoms with E-state index in [4.69, 9.17) is 15.2 Å². The van der Waals surface area contributed by atoms with Gasteiger partial charge in [0.2, 0.25) is 0 Å². The number of hydrogen-bond acceptors (Lipinski definition) is 4. The van der Waals surface area contributed by atoms with Crippen LogP contribution in [0.15, 0.2) is 18.2 Å². The average molecular weight is 278 g/mol. The topological polar surface area (TPSA) is 73.6 Å². The predicted octanol–water partition coefficient (Wildman–Crippen LogP) is 1.97. The molecule has 1 aliphatic carbocycles. The summed E-state index contributed by atoms with van der Waals surface area (Å²) in [6.45, 7) is 1.04. The first-order valence-corrected chi connectivity index (χ1v) is 7.04. The molecule has 1 aliphatic rings. The molecular weight excluding hydrogens is 256 g/mol. The van der Waals surface area contributed by atoms with Gasteiger partial charge in [0.1, 0.15) is 5.75 Å². The zero-order valence-corrected chi connectivity index (χ0v) is 11.9. The Morgan fingerprint density at radius 2 is 2.15 bits per heavy atom. The van der Waals surface area contributed by atoms with Crippen LogP contribution in [-0.4, -0.2) is 32.3 Å². The van der Waals surface area contributed by atoms with E-state index in [9.17, 15) is 4.79 Å². The highest BCUT2D eigenvalue weighted by molar-refractivity contribution is 5.97. The van der Waals surface area contributed by atoms with Crippen molar-refractivity contribution in [3.8, 4) is 5.75 Å². The average Bonchev–Trinajstić information content (AvgIpc) is 2.96.